The van der Waals surface area contributed by atoms with Crippen molar-refractivity contribution in [2.24, 2.45) is 0 Å². The van der Waals surface area contributed by atoms with Crippen molar-refractivity contribution in [1.82, 2.24) is 5.32 Å². The van der Waals surface area contributed by atoms with Gasteiger partial charge in [-0.15, -0.1) is 0 Å². The highest BCUT2D eigenvalue weighted by Gasteiger charge is 2.23. The summed E-state index contributed by atoms with van der Waals surface area (Å²) in [4.78, 5) is 26.5. The van der Waals surface area contributed by atoms with Gasteiger partial charge in [0.25, 0.3) is 15.9 Å². The molecule has 0 bridgehead atoms. The van der Waals surface area contributed by atoms with Crippen molar-refractivity contribution >= 4 is 33.2 Å². The zero-order valence-corrected chi connectivity index (χ0v) is 19.0. The van der Waals surface area contributed by atoms with Gasteiger partial charge in [0.2, 0.25) is 5.91 Å². The monoisotopic (exact) mass is 463 g/mol. The topological polar surface area (TPSA) is 95.6 Å². The predicted molar refractivity (Wildman–Crippen MR) is 128 cm³/mol. The molecule has 1 unspecified atom stereocenters. The highest BCUT2D eigenvalue weighted by atomic mass is 32.2. The molecule has 0 spiro atoms. The van der Waals surface area contributed by atoms with Gasteiger partial charge in [-0.1, -0.05) is 42.5 Å². The van der Waals surface area contributed by atoms with Gasteiger partial charge in [-0.3, -0.25) is 14.3 Å². The maximum Gasteiger partial charge on any atom is 0.261 e. The Morgan fingerprint density at radius 1 is 0.939 bits per heavy atom. The zero-order chi connectivity index (χ0) is 23.4. The highest BCUT2D eigenvalue weighted by Crippen LogP contribution is 2.25. The van der Waals surface area contributed by atoms with E-state index in [1.54, 1.807) is 41.3 Å². The van der Waals surface area contributed by atoms with Gasteiger partial charge in [0.15, 0.2) is 0 Å². The molecule has 4 rings (SSSR count). The lowest BCUT2D eigenvalue weighted by Gasteiger charge is -2.18. The molecule has 2 amide bonds. The third kappa shape index (κ3) is 5.06. The van der Waals surface area contributed by atoms with Crippen molar-refractivity contribution in [3.63, 3.8) is 0 Å². The van der Waals surface area contributed by atoms with Crippen LogP contribution in [0.25, 0.3) is 0 Å². The number of hydrogen-bond donors (Lipinski definition) is 2. The van der Waals surface area contributed by atoms with Gasteiger partial charge in [0, 0.05) is 18.7 Å². The van der Waals surface area contributed by atoms with E-state index < -0.39 is 10.0 Å². The molecule has 2 N–H and O–H groups in total. The Hall–Kier alpha value is -3.65. The number of amides is 2. The van der Waals surface area contributed by atoms with Crippen LogP contribution in [0.15, 0.2) is 83.8 Å². The summed E-state index contributed by atoms with van der Waals surface area (Å²) in [6.45, 7) is 2.50. The van der Waals surface area contributed by atoms with Gasteiger partial charge in [-0.25, -0.2) is 8.42 Å². The number of benzene rings is 3. The van der Waals surface area contributed by atoms with Crippen molar-refractivity contribution in [1.29, 1.82) is 0 Å². The van der Waals surface area contributed by atoms with Crippen LogP contribution in [0.1, 0.15) is 41.7 Å². The average molecular weight is 464 g/mol. The number of carbonyl (C=O) groups excluding carboxylic acids is 2. The molecule has 7 nitrogen and oxygen atoms in total. The van der Waals surface area contributed by atoms with Crippen LogP contribution in [-0.2, 0) is 14.8 Å². The fourth-order valence-electron chi connectivity index (χ4n) is 3.80. The van der Waals surface area contributed by atoms with E-state index in [9.17, 15) is 18.0 Å². The fourth-order valence-corrected chi connectivity index (χ4v) is 4.88. The molecule has 1 fully saturated rings. The minimum Gasteiger partial charge on any atom is -0.345 e. The minimum absolute atomic E-state index is 0.0356. The van der Waals surface area contributed by atoms with Crippen LogP contribution in [0.5, 0.6) is 0 Å². The Kier molecular flexibility index (Phi) is 6.46. The third-order valence-electron chi connectivity index (χ3n) is 5.60. The summed E-state index contributed by atoms with van der Waals surface area (Å²) in [7, 11) is -3.94. The molecular formula is C25H25N3O4S. The molecule has 0 aliphatic carbocycles. The molecule has 3 aromatic carbocycles. The molecule has 1 heterocycles. The Morgan fingerprint density at radius 2 is 1.61 bits per heavy atom. The van der Waals surface area contributed by atoms with Gasteiger partial charge in [0.1, 0.15) is 0 Å². The maximum absolute atomic E-state index is 13.0. The molecule has 33 heavy (non-hydrogen) atoms. The molecule has 1 saturated heterocycles. The summed E-state index contributed by atoms with van der Waals surface area (Å²) < 4.78 is 28.5. The highest BCUT2D eigenvalue weighted by molar-refractivity contribution is 7.92. The van der Waals surface area contributed by atoms with Crippen molar-refractivity contribution in [3.8, 4) is 0 Å². The van der Waals surface area contributed by atoms with Crippen molar-refractivity contribution in [3.05, 3.63) is 90.0 Å². The lowest BCUT2D eigenvalue weighted by atomic mass is 10.1. The number of hydrogen-bond acceptors (Lipinski definition) is 4. The lowest BCUT2D eigenvalue weighted by Crippen LogP contribution is -2.28. The van der Waals surface area contributed by atoms with E-state index in [1.807, 2.05) is 37.3 Å². The smallest absolute Gasteiger partial charge is 0.261 e. The van der Waals surface area contributed by atoms with Gasteiger partial charge in [-0.05, 0) is 55.3 Å². The summed E-state index contributed by atoms with van der Waals surface area (Å²) in [6.07, 6.45) is 1.30. The zero-order valence-electron chi connectivity index (χ0n) is 18.2. The number of anilines is 2. The number of sulfonamides is 1. The van der Waals surface area contributed by atoms with Gasteiger partial charge < -0.3 is 10.2 Å². The molecule has 1 aliphatic heterocycles. The van der Waals surface area contributed by atoms with E-state index in [-0.39, 0.29) is 34.0 Å². The first-order valence-electron chi connectivity index (χ1n) is 10.7. The van der Waals surface area contributed by atoms with Crippen molar-refractivity contribution < 1.29 is 18.0 Å². The third-order valence-corrected chi connectivity index (χ3v) is 6.98. The number of nitrogens with zero attached hydrogens (tertiary/aromatic N) is 1. The van der Waals surface area contributed by atoms with E-state index in [0.29, 0.717) is 18.7 Å². The Bertz CT molecular complexity index is 1260. The van der Waals surface area contributed by atoms with E-state index >= 15 is 0 Å². The first-order valence-corrected chi connectivity index (χ1v) is 12.2. The molecule has 3 aromatic rings. The lowest BCUT2D eigenvalue weighted by molar-refractivity contribution is -0.117. The average Bonchev–Trinajstić information content (AvgIpc) is 3.25. The van der Waals surface area contributed by atoms with Crippen LogP contribution in [-0.4, -0.2) is 26.8 Å². The van der Waals surface area contributed by atoms with E-state index in [2.05, 4.69) is 10.0 Å². The summed E-state index contributed by atoms with van der Waals surface area (Å²) in [5.74, 6) is -0.346. The summed E-state index contributed by atoms with van der Waals surface area (Å²) >= 11 is 0. The van der Waals surface area contributed by atoms with Crippen LogP contribution < -0.4 is 14.9 Å². The van der Waals surface area contributed by atoms with Crippen molar-refractivity contribution in [2.75, 3.05) is 16.2 Å². The number of nitrogens with one attached hydrogen (secondary N) is 2. The van der Waals surface area contributed by atoms with Crippen LogP contribution in [0.3, 0.4) is 0 Å². The van der Waals surface area contributed by atoms with Gasteiger partial charge >= 0.3 is 0 Å². The van der Waals surface area contributed by atoms with Crippen LogP contribution in [0, 0.1) is 0 Å². The van der Waals surface area contributed by atoms with Gasteiger partial charge in [-0.2, -0.15) is 0 Å². The number of rotatable bonds is 7. The largest absolute Gasteiger partial charge is 0.345 e. The molecular weight excluding hydrogens is 438 g/mol. The fraction of sp³-hybridized carbons (Fsp3) is 0.200. The number of para-hydroxylation sites is 1. The van der Waals surface area contributed by atoms with Crippen molar-refractivity contribution in [2.45, 2.75) is 30.7 Å². The summed E-state index contributed by atoms with van der Waals surface area (Å²) in [6, 6.07) is 21.9. The first kappa shape index (κ1) is 22.5. The molecule has 8 heteroatoms. The standard InChI is InChI=1S/C25H25N3O4S/c1-18(19-8-3-2-4-9-19)26-25(30)22-10-5-6-11-23(22)27-33(31,32)21-15-13-20(14-16-21)28-17-7-12-24(28)29/h2-6,8-11,13-16,18,27H,7,12,17H2,1H3,(H,26,30). The van der Waals surface area contributed by atoms with E-state index in [4.69, 9.17) is 0 Å². The summed E-state index contributed by atoms with van der Waals surface area (Å²) in [5.41, 5.74) is 2.03. The molecule has 0 radical (unpaired) electrons. The SMILES string of the molecule is CC(NC(=O)c1ccccc1NS(=O)(=O)c1ccc(N2CCCC2=O)cc1)c1ccccc1. The van der Waals surface area contributed by atoms with Crippen LogP contribution in [0.2, 0.25) is 0 Å². The van der Waals surface area contributed by atoms with E-state index in [1.165, 1.54) is 12.1 Å². The Balaban J connectivity index is 1.52. The van der Waals surface area contributed by atoms with E-state index in [0.717, 1.165) is 12.0 Å². The molecule has 0 aromatic heterocycles. The predicted octanol–water partition coefficient (Wildman–Crippen LogP) is 4.11. The second kappa shape index (κ2) is 9.46. The number of carbonyl (C=O) groups is 2. The Labute approximate surface area is 193 Å². The molecule has 1 aliphatic rings. The molecule has 1 atom stereocenters. The van der Waals surface area contributed by atoms with Crippen LogP contribution in [0.4, 0.5) is 11.4 Å². The maximum atomic E-state index is 13.0. The van der Waals surface area contributed by atoms with Crippen LogP contribution >= 0.6 is 0 Å². The Morgan fingerprint density at radius 3 is 2.27 bits per heavy atom. The quantitative estimate of drug-likeness (QED) is 0.551. The normalized spacial score (nSPS) is 14.7. The summed E-state index contributed by atoms with van der Waals surface area (Å²) in [5, 5.41) is 2.91. The van der Waals surface area contributed by atoms with Gasteiger partial charge in [0.05, 0.1) is 22.2 Å². The second-order valence-electron chi connectivity index (χ2n) is 7.90. The second-order valence-corrected chi connectivity index (χ2v) is 9.58. The molecule has 170 valence electrons. The minimum atomic E-state index is -3.94. The first-order chi connectivity index (χ1) is 15.8. The molecule has 0 saturated carbocycles.